The van der Waals surface area contributed by atoms with E-state index >= 15 is 0 Å². The van der Waals surface area contributed by atoms with Crippen LogP contribution in [-0.2, 0) is 6.54 Å². The molecule has 2 aromatic rings. The highest BCUT2D eigenvalue weighted by Gasteiger charge is 2.30. The number of benzene rings is 1. The number of ether oxygens (including phenoxy) is 2. The number of hydrogen-bond acceptors (Lipinski definition) is 5. The zero-order valence-corrected chi connectivity index (χ0v) is 18.0. The highest BCUT2D eigenvalue weighted by atomic mass is 35.5. The molecule has 0 saturated carbocycles. The second-order valence-corrected chi connectivity index (χ2v) is 7.45. The third-order valence-corrected chi connectivity index (χ3v) is 5.14. The first-order valence-corrected chi connectivity index (χ1v) is 10.5. The molecule has 156 valence electrons. The van der Waals surface area contributed by atoms with Crippen molar-refractivity contribution in [2.45, 2.75) is 33.2 Å². The molecule has 1 aliphatic rings. The Kier molecular flexibility index (Phi) is 7.34. The molecule has 1 aromatic heterocycles. The number of amides is 1. The molecule has 1 aliphatic heterocycles. The van der Waals surface area contributed by atoms with Gasteiger partial charge in [-0.05, 0) is 44.1 Å². The Morgan fingerprint density at radius 2 is 1.86 bits per heavy atom. The number of anilines is 1. The monoisotopic (exact) mass is 417 g/mol. The van der Waals surface area contributed by atoms with Crippen LogP contribution in [-0.4, -0.2) is 49.1 Å². The van der Waals surface area contributed by atoms with Gasteiger partial charge >= 0.3 is 0 Å². The number of carbonyl (C=O) groups excluding carboxylic acids is 1. The average molecular weight is 418 g/mol. The van der Waals surface area contributed by atoms with Crippen LogP contribution in [0, 0.1) is 0 Å². The van der Waals surface area contributed by atoms with Gasteiger partial charge in [-0.2, -0.15) is 0 Å². The lowest BCUT2D eigenvalue weighted by atomic mass is 10.2. The number of rotatable bonds is 10. The summed E-state index contributed by atoms with van der Waals surface area (Å²) in [4.78, 5) is 21.0. The van der Waals surface area contributed by atoms with Gasteiger partial charge in [0.05, 0.1) is 13.7 Å². The second kappa shape index (κ2) is 9.94. The number of methoxy groups -OCH3 is 1. The number of aromatic nitrogens is 1. The van der Waals surface area contributed by atoms with Crippen molar-refractivity contribution < 1.29 is 14.3 Å². The zero-order chi connectivity index (χ0) is 20.8. The normalized spacial score (nSPS) is 13.1. The van der Waals surface area contributed by atoms with Crippen LogP contribution < -0.4 is 14.4 Å². The Morgan fingerprint density at radius 1 is 1.10 bits per heavy atom. The van der Waals surface area contributed by atoms with Crippen LogP contribution in [0.3, 0.4) is 0 Å². The van der Waals surface area contributed by atoms with Crippen LogP contribution in [0.25, 0.3) is 0 Å². The Labute approximate surface area is 177 Å². The number of halogens is 1. The Bertz CT molecular complexity index is 853. The molecular weight excluding hydrogens is 390 g/mol. The van der Waals surface area contributed by atoms with Gasteiger partial charge in [-0.25, -0.2) is 4.98 Å². The SMILES string of the molecule is CCCN(CCC)CCOc1ccc(N2Cc3ccc(Cl)nc3C2=O)cc1OC. The molecule has 7 heteroatoms. The fourth-order valence-corrected chi connectivity index (χ4v) is 3.70. The molecular formula is C22H28ClN3O3. The molecule has 0 atom stereocenters. The standard InChI is InChI=1S/C22H28ClN3O3/c1-4-10-25(11-5-2)12-13-29-18-8-7-17(14-19(18)28-3)26-15-16-6-9-20(23)24-21(16)22(26)27/h6-9,14H,4-5,10-13,15H2,1-3H3. The molecule has 0 unspecified atom stereocenters. The number of nitrogens with zero attached hydrogens (tertiary/aromatic N) is 3. The molecule has 0 radical (unpaired) electrons. The van der Waals surface area contributed by atoms with Crippen molar-refractivity contribution in [1.29, 1.82) is 0 Å². The second-order valence-electron chi connectivity index (χ2n) is 7.06. The van der Waals surface area contributed by atoms with Gasteiger partial charge in [0, 0.05) is 23.9 Å². The fourth-order valence-electron chi connectivity index (χ4n) is 3.55. The highest BCUT2D eigenvalue weighted by molar-refractivity contribution is 6.29. The van der Waals surface area contributed by atoms with Crippen LogP contribution in [0.4, 0.5) is 5.69 Å². The molecule has 0 saturated heterocycles. The van der Waals surface area contributed by atoms with Gasteiger partial charge in [-0.1, -0.05) is 31.5 Å². The molecule has 1 amide bonds. The van der Waals surface area contributed by atoms with Gasteiger partial charge in [0.25, 0.3) is 5.91 Å². The van der Waals surface area contributed by atoms with Crippen molar-refractivity contribution in [3.63, 3.8) is 0 Å². The predicted octanol–water partition coefficient (Wildman–Crippen LogP) is 4.40. The van der Waals surface area contributed by atoms with E-state index in [4.69, 9.17) is 21.1 Å². The van der Waals surface area contributed by atoms with Crippen LogP contribution in [0.5, 0.6) is 11.5 Å². The smallest absolute Gasteiger partial charge is 0.277 e. The van der Waals surface area contributed by atoms with E-state index < -0.39 is 0 Å². The van der Waals surface area contributed by atoms with Crippen molar-refractivity contribution in [1.82, 2.24) is 9.88 Å². The molecule has 0 aliphatic carbocycles. The first-order valence-electron chi connectivity index (χ1n) is 10.1. The lowest BCUT2D eigenvalue weighted by Gasteiger charge is -2.22. The summed E-state index contributed by atoms with van der Waals surface area (Å²) in [6, 6.07) is 9.11. The van der Waals surface area contributed by atoms with Gasteiger partial charge in [0.2, 0.25) is 0 Å². The third-order valence-electron chi connectivity index (χ3n) is 4.92. The largest absolute Gasteiger partial charge is 0.493 e. The summed E-state index contributed by atoms with van der Waals surface area (Å²) in [6.45, 7) is 8.45. The maximum absolute atomic E-state index is 12.7. The maximum Gasteiger partial charge on any atom is 0.277 e. The van der Waals surface area contributed by atoms with Crippen LogP contribution in [0.15, 0.2) is 30.3 Å². The lowest BCUT2D eigenvalue weighted by Crippen LogP contribution is -2.30. The van der Waals surface area contributed by atoms with Gasteiger partial charge < -0.3 is 14.4 Å². The molecule has 0 fully saturated rings. The van der Waals surface area contributed by atoms with Crippen molar-refractivity contribution in [2.24, 2.45) is 0 Å². The number of carbonyl (C=O) groups is 1. The average Bonchev–Trinajstić information content (AvgIpc) is 3.04. The molecule has 2 heterocycles. The molecule has 0 N–H and O–H groups in total. The van der Waals surface area contributed by atoms with E-state index in [9.17, 15) is 4.79 Å². The molecule has 3 rings (SSSR count). The van der Waals surface area contributed by atoms with E-state index in [0.29, 0.717) is 35.5 Å². The van der Waals surface area contributed by atoms with Crippen molar-refractivity contribution >= 4 is 23.2 Å². The molecule has 1 aromatic carbocycles. The zero-order valence-electron chi connectivity index (χ0n) is 17.3. The van der Waals surface area contributed by atoms with Crippen molar-refractivity contribution in [2.75, 3.05) is 38.3 Å². The van der Waals surface area contributed by atoms with E-state index in [2.05, 4.69) is 23.7 Å². The van der Waals surface area contributed by atoms with Gasteiger partial charge in [0.15, 0.2) is 11.5 Å². The summed E-state index contributed by atoms with van der Waals surface area (Å²) in [7, 11) is 1.61. The summed E-state index contributed by atoms with van der Waals surface area (Å²) in [5.74, 6) is 1.12. The number of fused-ring (bicyclic) bond motifs is 1. The third kappa shape index (κ3) is 5.00. The minimum Gasteiger partial charge on any atom is -0.493 e. The van der Waals surface area contributed by atoms with Gasteiger partial charge in [-0.15, -0.1) is 0 Å². The van der Waals surface area contributed by atoms with E-state index in [-0.39, 0.29) is 5.91 Å². The van der Waals surface area contributed by atoms with Crippen LogP contribution in [0.2, 0.25) is 5.15 Å². The minimum absolute atomic E-state index is 0.159. The molecule has 29 heavy (non-hydrogen) atoms. The summed E-state index contributed by atoms with van der Waals surface area (Å²) < 4.78 is 11.5. The quantitative estimate of drug-likeness (QED) is 0.536. The number of hydrogen-bond donors (Lipinski definition) is 0. The molecule has 0 bridgehead atoms. The van der Waals surface area contributed by atoms with E-state index in [1.54, 1.807) is 18.1 Å². The van der Waals surface area contributed by atoms with Crippen molar-refractivity contribution in [3.05, 3.63) is 46.7 Å². The Balaban J connectivity index is 1.69. The first kappa shape index (κ1) is 21.4. The topological polar surface area (TPSA) is 54.9 Å². The fraction of sp³-hybridized carbons (Fsp3) is 0.455. The Hall–Kier alpha value is -2.31. The summed E-state index contributed by atoms with van der Waals surface area (Å²) in [6.07, 6.45) is 2.26. The van der Waals surface area contributed by atoms with Gasteiger partial charge in [-0.3, -0.25) is 9.69 Å². The van der Waals surface area contributed by atoms with E-state index in [0.717, 1.165) is 43.7 Å². The highest BCUT2D eigenvalue weighted by Crippen LogP contribution is 2.35. The first-order chi connectivity index (χ1) is 14.1. The van der Waals surface area contributed by atoms with Crippen LogP contribution in [0.1, 0.15) is 42.7 Å². The van der Waals surface area contributed by atoms with E-state index in [1.165, 1.54) is 0 Å². The Morgan fingerprint density at radius 3 is 2.55 bits per heavy atom. The minimum atomic E-state index is -0.159. The number of pyridine rings is 1. The van der Waals surface area contributed by atoms with Gasteiger partial charge in [0.1, 0.15) is 17.5 Å². The predicted molar refractivity (Wildman–Crippen MR) is 115 cm³/mol. The summed E-state index contributed by atoms with van der Waals surface area (Å²) in [5, 5.41) is 0.320. The summed E-state index contributed by atoms with van der Waals surface area (Å²) >= 11 is 5.94. The molecule has 0 spiro atoms. The van der Waals surface area contributed by atoms with E-state index in [1.807, 2.05) is 24.3 Å². The van der Waals surface area contributed by atoms with Crippen molar-refractivity contribution in [3.8, 4) is 11.5 Å². The lowest BCUT2D eigenvalue weighted by molar-refractivity contribution is 0.0992. The summed E-state index contributed by atoms with van der Waals surface area (Å²) in [5.41, 5.74) is 2.02. The maximum atomic E-state index is 12.7. The molecule has 6 nitrogen and oxygen atoms in total. The van der Waals surface area contributed by atoms with Crippen LogP contribution >= 0.6 is 11.6 Å².